The third-order valence-corrected chi connectivity index (χ3v) is 5.21. The summed E-state index contributed by atoms with van der Waals surface area (Å²) in [6.45, 7) is 3.32. The molecule has 1 fully saturated rings. The third kappa shape index (κ3) is 4.35. The molecular weight excluding hydrogens is 364 g/mol. The first kappa shape index (κ1) is 17.7. The standard InChI is InChI=1S/C19H20N4O3S/c24-19(16-12-17(22-26-16)23-8-10-25-11-9-23)20-7-6-18-21-15(13-27-18)14-4-2-1-3-5-14/h1-5,12-13H,6-11H2,(H,20,24). The van der Waals surface area contributed by atoms with Crippen molar-refractivity contribution in [3.63, 3.8) is 0 Å². The summed E-state index contributed by atoms with van der Waals surface area (Å²) >= 11 is 1.60. The summed E-state index contributed by atoms with van der Waals surface area (Å²) in [6.07, 6.45) is 0.674. The largest absolute Gasteiger partial charge is 0.378 e. The Labute approximate surface area is 161 Å². The van der Waals surface area contributed by atoms with Gasteiger partial charge in [-0.1, -0.05) is 35.5 Å². The SMILES string of the molecule is O=C(NCCc1nc(-c2ccccc2)cs1)c1cc(N2CCOCC2)no1. The van der Waals surface area contributed by atoms with E-state index in [4.69, 9.17) is 9.26 Å². The van der Waals surface area contributed by atoms with E-state index in [0.29, 0.717) is 32.0 Å². The summed E-state index contributed by atoms with van der Waals surface area (Å²) in [5, 5.41) is 9.88. The highest BCUT2D eigenvalue weighted by Gasteiger charge is 2.18. The molecule has 4 rings (SSSR count). The smallest absolute Gasteiger partial charge is 0.289 e. The van der Waals surface area contributed by atoms with Crippen LogP contribution >= 0.6 is 11.3 Å². The van der Waals surface area contributed by atoms with Gasteiger partial charge >= 0.3 is 0 Å². The molecule has 0 spiro atoms. The highest BCUT2D eigenvalue weighted by Crippen LogP contribution is 2.21. The van der Waals surface area contributed by atoms with Gasteiger partial charge < -0.3 is 19.5 Å². The van der Waals surface area contributed by atoms with E-state index in [1.54, 1.807) is 17.4 Å². The monoisotopic (exact) mass is 384 g/mol. The number of benzene rings is 1. The summed E-state index contributed by atoms with van der Waals surface area (Å²) in [4.78, 5) is 18.9. The molecule has 7 nitrogen and oxygen atoms in total. The molecule has 8 heteroatoms. The number of amides is 1. The number of carbonyl (C=O) groups excluding carboxylic acids is 1. The van der Waals surface area contributed by atoms with Gasteiger partial charge in [0.2, 0.25) is 5.76 Å². The Morgan fingerprint density at radius 1 is 1.22 bits per heavy atom. The van der Waals surface area contributed by atoms with Crippen molar-refractivity contribution in [2.75, 3.05) is 37.7 Å². The molecule has 1 aromatic carbocycles. The lowest BCUT2D eigenvalue weighted by Crippen LogP contribution is -2.36. The summed E-state index contributed by atoms with van der Waals surface area (Å²) in [6, 6.07) is 11.7. The fraction of sp³-hybridized carbons (Fsp3) is 0.316. The van der Waals surface area contributed by atoms with Crippen LogP contribution in [0.1, 0.15) is 15.6 Å². The molecule has 27 heavy (non-hydrogen) atoms. The van der Waals surface area contributed by atoms with E-state index in [-0.39, 0.29) is 11.7 Å². The molecule has 140 valence electrons. The molecule has 1 N–H and O–H groups in total. The second-order valence-corrected chi connectivity index (χ2v) is 7.09. The first-order chi connectivity index (χ1) is 13.3. The molecule has 1 aliphatic heterocycles. The van der Waals surface area contributed by atoms with Gasteiger partial charge in [-0.2, -0.15) is 0 Å². The molecule has 0 saturated carbocycles. The van der Waals surface area contributed by atoms with Crippen LogP contribution in [0.2, 0.25) is 0 Å². The first-order valence-corrected chi connectivity index (χ1v) is 9.75. The number of hydrogen-bond donors (Lipinski definition) is 1. The summed E-state index contributed by atoms with van der Waals surface area (Å²) in [5.74, 6) is 0.637. The molecule has 0 unspecified atom stereocenters. The van der Waals surface area contributed by atoms with E-state index in [1.165, 1.54) is 0 Å². The molecule has 0 radical (unpaired) electrons. The Kier molecular flexibility index (Phi) is 5.45. The minimum atomic E-state index is -0.262. The summed E-state index contributed by atoms with van der Waals surface area (Å²) in [7, 11) is 0. The molecule has 0 atom stereocenters. The lowest BCUT2D eigenvalue weighted by atomic mass is 10.2. The third-order valence-electron chi connectivity index (χ3n) is 4.30. The van der Waals surface area contributed by atoms with Crippen molar-refractivity contribution in [2.24, 2.45) is 0 Å². The first-order valence-electron chi connectivity index (χ1n) is 8.87. The predicted octanol–water partition coefficient (Wildman–Crippen LogP) is 2.61. The maximum atomic E-state index is 12.3. The molecule has 2 aromatic heterocycles. The van der Waals surface area contributed by atoms with E-state index >= 15 is 0 Å². The van der Waals surface area contributed by atoms with Gasteiger partial charge in [0.15, 0.2) is 5.82 Å². The maximum absolute atomic E-state index is 12.3. The van der Waals surface area contributed by atoms with E-state index in [2.05, 4.69) is 15.5 Å². The molecule has 3 aromatic rings. The van der Waals surface area contributed by atoms with Crippen LogP contribution in [0.3, 0.4) is 0 Å². The van der Waals surface area contributed by atoms with Crippen LogP contribution in [0.15, 0.2) is 46.3 Å². The Morgan fingerprint density at radius 2 is 2.04 bits per heavy atom. The van der Waals surface area contributed by atoms with Crippen molar-refractivity contribution in [3.05, 3.63) is 52.5 Å². The van der Waals surface area contributed by atoms with Crippen LogP contribution in [0.5, 0.6) is 0 Å². The summed E-state index contributed by atoms with van der Waals surface area (Å²) in [5.41, 5.74) is 2.06. The quantitative estimate of drug-likeness (QED) is 0.704. The minimum Gasteiger partial charge on any atom is -0.378 e. The number of carbonyl (C=O) groups is 1. The Balaban J connectivity index is 1.29. The van der Waals surface area contributed by atoms with Gasteiger partial charge in [-0.25, -0.2) is 4.98 Å². The van der Waals surface area contributed by atoms with Crippen LogP contribution in [-0.2, 0) is 11.2 Å². The Hall–Kier alpha value is -2.71. The number of hydrogen-bond acceptors (Lipinski definition) is 7. The van der Waals surface area contributed by atoms with Crippen LogP contribution in [-0.4, -0.2) is 48.9 Å². The zero-order valence-electron chi connectivity index (χ0n) is 14.8. The predicted molar refractivity (Wildman–Crippen MR) is 103 cm³/mol. The number of morpholine rings is 1. The van der Waals surface area contributed by atoms with E-state index in [0.717, 1.165) is 29.4 Å². The number of aromatic nitrogens is 2. The number of nitrogens with zero attached hydrogens (tertiary/aromatic N) is 3. The molecular formula is C19H20N4O3S. The van der Waals surface area contributed by atoms with E-state index < -0.39 is 0 Å². The minimum absolute atomic E-state index is 0.223. The number of anilines is 1. The zero-order chi connectivity index (χ0) is 18.5. The maximum Gasteiger partial charge on any atom is 0.289 e. The molecule has 1 aliphatic rings. The number of ether oxygens (including phenoxy) is 1. The van der Waals surface area contributed by atoms with Crippen molar-refractivity contribution in [1.82, 2.24) is 15.5 Å². The zero-order valence-corrected chi connectivity index (χ0v) is 15.6. The number of rotatable bonds is 6. The second-order valence-electron chi connectivity index (χ2n) is 6.15. The molecule has 0 aliphatic carbocycles. The van der Waals surface area contributed by atoms with Crippen LogP contribution < -0.4 is 10.2 Å². The van der Waals surface area contributed by atoms with Crippen molar-refractivity contribution in [3.8, 4) is 11.3 Å². The fourth-order valence-electron chi connectivity index (χ4n) is 2.85. The Morgan fingerprint density at radius 3 is 2.85 bits per heavy atom. The van der Waals surface area contributed by atoms with Crippen molar-refractivity contribution >= 4 is 23.1 Å². The van der Waals surface area contributed by atoms with Crippen LogP contribution in [0, 0.1) is 0 Å². The van der Waals surface area contributed by atoms with E-state index in [1.807, 2.05) is 40.6 Å². The molecule has 3 heterocycles. The average Bonchev–Trinajstić information content (AvgIpc) is 3.39. The van der Waals surface area contributed by atoms with Crippen molar-refractivity contribution in [1.29, 1.82) is 0 Å². The number of nitrogens with one attached hydrogen (secondary N) is 1. The molecule has 1 saturated heterocycles. The van der Waals surface area contributed by atoms with Crippen molar-refractivity contribution in [2.45, 2.75) is 6.42 Å². The molecule has 0 bridgehead atoms. The summed E-state index contributed by atoms with van der Waals surface area (Å²) < 4.78 is 10.5. The van der Waals surface area contributed by atoms with Crippen molar-refractivity contribution < 1.29 is 14.1 Å². The topological polar surface area (TPSA) is 80.5 Å². The number of thiazole rings is 1. The van der Waals surface area contributed by atoms with Gasteiger partial charge in [-0.15, -0.1) is 11.3 Å². The van der Waals surface area contributed by atoms with Gasteiger partial charge in [0, 0.05) is 43.1 Å². The second kappa shape index (κ2) is 8.32. The van der Waals surface area contributed by atoms with Crippen LogP contribution in [0.4, 0.5) is 5.82 Å². The lowest BCUT2D eigenvalue weighted by molar-refractivity contribution is 0.0917. The van der Waals surface area contributed by atoms with Gasteiger partial charge in [0.25, 0.3) is 5.91 Å². The lowest BCUT2D eigenvalue weighted by Gasteiger charge is -2.25. The highest BCUT2D eigenvalue weighted by atomic mass is 32.1. The highest BCUT2D eigenvalue weighted by molar-refractivity contribution is 7.09. The van der Waals surface area contributed by atoms with E-state index in [9.17, 15) is 4.79 Å². The van der Waals surface area contributed by atoms with Gasteiger partial charge in [-0.05, 0) is 0 Å². The Bertz CT molecular complexity index is 887. The normalized spacial score (nSPS) is 14.3. The van der Waals surface area contributed by atoms with Crippen LogP contribution in [0.25, 0.3) is 11.3 Å². The van der Waals surface area contributed by atoms with Gasteiger partial charge in [-0.3, -0.25) is 4.79 Å². The van der Waals surface area contributed by atoms with Gasteiger partial charge in [0.1, 0.15) is 0 Å². The average molecular weight is 384 g/mol. The van der Waals surface area contributed by atoms with Gasteiger partial charge in [0.05, 0.1) is 23.9 Å². The molecule has 1 amide bonds. The fourth-order valence-corrected chi connectivity index (χ4v) is 3.66.